The zero-order valence-electron chi connectivity index (χ0n) is 14.2. The average Bonchev–Trinajstić information content (AvgIpc) is 2.63. The summed E-state index contributed by atoms with van der Waals surface area (Å²) in [4.78, 5) is 28.1. The molecule has 2 aliphatic rings. The third-order valence-corrected chi connectivity index (χ3v) is 5.74. The van der Waals surface area contributed by atoms with Crippen molar-refractivity contribution >= 4 is 56.8 Å². The second-order valence-corrected chi connectivity index (χ2v) is 8.10. The molecule has 1 aliphatic carbocycles. The lowest BCUT2D eigenvalue weighted by molar-refractivity contribution is 0.0885. The zero-order chi connectivity index (χ0) is 18.3. The molecule has 1 aliphatic heterocycles. The van der Waals surface area contributed by atoms with Gasteiger partial charge in [-0.15, -0.1) is 0 Å². The minimum Gasteiger partial charge on any atom is -0.384 e. The number of hydrogen-bond acceptors (Lipinski definition) is 4. The summed E-state index contributed by atoms with van der Waals surface area (Å²) < 4.78 is 0.868. The molecule has 1 amide bonds. The van der Waals surface area contributed by atoms with Crippen molar-refractivity contribution in [3.8, 4) is 0 Å². The van der Waals surface area contributed by atoms with Gasteiger partial charge in [0.15, 0.2) is 5.78 Å². The van der Waals surface area contributed by atoms with Crippen LogP contribution in [0.4, 0.5) is 11.4 Å². The third kappa shape index (κ3) is 2.77. The molecule has 2 bridgehead atoms. The maximum absolute atomic E-state index is 13.4. The Morgan fingerprint density at radius 1 is 1.19 bits per heavy atom. The Hall–Kier alpha value is -2.05. The molecule has 1 heterocycles. The van der Waals surface area contributed by atoms with E-state index in [9.17, 15) is 9.59 Å². The Balaban J connectivity index is 1.85. The first-order chi connectivity index (χ1) is 12.6. The fourth-order valence-electron chi connectivity index (χ4n) is 3.46. The van der Waals surface area contributed by atoms with Crippen LogP contribution in [0.5, 0.6) is 0 Å². The molecule has 6 heteroatoms. The Morgan fingerprint density at radius 2 is 2.04 bits per heavy atom. The van der Waals surface area contributed by atoms with E-state index in [2.05, 4.69) is 21.2 Å². The van der Waals surface area contributed by atoms with Gasteiger partial charge in [0.1, 0.15) is 6.04 Å². The van der Waals surface area contributed by atoms with Gasteiger partial charge >= 0.3 is 0 Å². The molecule has 2 aromatic rings. The molecule has 132 valence electrons. The smallest absolute Gasteiger partial charge is 0.262 e. The molecule has 26 heavy (non-hydrogen) atoms. The number of benzene rings is 2. The fourth-order valence-corrected chi connectivity index (χ4v) is 4.16. The number of carbonyl (C=O) groups excluding carboxylic acids is 2. The van der Waals surface area contributed by atoms with Crippen LogP contribution in [0.1, 0.15) is 26.3 Å². The van der Waals surface area contributed by atoms with Crippen molar-refractivity contribution in [3.05, 3.63) is 63.6 Å². The number of halogens is 1. The van der Waals surface area contributed by atoms with E-state index in [-0.39, 0.29) is 11.7 Å². The van der Waals surface area contributed by atoms with Gasteiger partial charge < -0.3 is 5.32 Å². The number of nitrogens with zero attached hydrogens (tertiary/aromatic N) is 1. The van der Waals surface area contributed by atoms with Crippen LogP contribution in [-0.4, -0.2) is 36.3 Å². The number of carbonyl (C=O) groups is 2. The number of fused-ring (bicyclic) bond motifs is 1. The number of amides is 1. The van der Waals surface area contributed by atoms with E-state index in [1.165, 1.54) is 0 Å². The summed E-state index contributed by atoms with van der Waals surface area (Å²) in [6.07, 6.45) is 5.79. The molecule has 1 N–H and O–H groups in total. The minimum atomic E-state index is -0.585. The number of ketones is 1. The van der Waals surface area contributed by atoms with Gasteiger partial charge in [0.2, 0.25) is 0 Å². The maximum Gasteiger partial charge on any atom is 0.262 e. The Morgan fingerprint density at radius 3 is 2.81 bits per heavy atom. The molecule has 0 saturated carbocycles. The third-order valence-electron chi connectivity index (χ3n) is 4.63. The summed E-state index contributed by atoms with van der Waals surface area (Å²) in [7, 11) is 0. The average molecular weight is 429 g/mol. The molecule has 4 nitrogen and oxygen atoms in total. The van der Waals surface area contributed by atoms with Crippen LogP contribution < -0.4 is 10.2 Å². The molecule has 0 fully saturated rings. The number of Topliss-reactive ketones (excluding diaryl/α,β-unsaturated/α-hetero) is 1. The molecule has 0 spiro atoms. The van der Waals surface area contributed by atoms with Crippen LogP contribution in [0.3, 0.4) is 0 Å². The first kappa shape index (κ1) is 17.4. The van der Waals surface area contributed by atoms with Gasteiger partial charge in [0.05, 0.1) is 5.56 Å². The van der Waals surface area contributed by atoms with Gasteiger partial charge in [0.25, 0.3) is 5.91 Å². The molecular weight excluding hydrogens is 412 g/mol. The van der Waals surface area contributed by atoms with Crippen LogP contribution in [0.2, 0.25) is 0 Å². The minimum absolute atomic E-state index is 0.0226. The first-order valence-electron chi connectivity index (χ1n) is 8.33. The first-order valence-corrected chi connectivity index (χ1v) is 10.5. The molecule has 0 aromatic heterocycles. The predicted molar refractivity (Wildman–Crippen MR) is 111 cm³/mol. The number of thioether (sulfide) groups is 1. The summed E-state index contributed by atoms with van der Waals surface area (Å²) >= 11 is 5.18. The number of nitrogens with one attached hydrogen (secondary N) is 1. The van der Waals surface area contributed by atoms with E-state index in [1.54, 1.807) is 16.7 Å². The van der Waals surface area contributed by atoms with Crippen molar-refractivity contribution in [1.29, 1.82) is 0 Å². The predicted octanol–water partition coefficient (Wildman–Crippen LogP) is 4.46. The Bertz CT molecular complexity index is 941. The lowest BCUT2D eigenvalue weighted by Crippen LogP contribution is -2.50. The van der Waals surface area contributed by atoms with Crippen LogP contribution in [0.25, 0.3) is 6.08 Å². The van der Waals surface area contributed by atoms with Gasteiger partial charge in [-0.05, 0) is 36.1 Å². The Labute approximate surface area is 164 Å². The molecule has 1 atom stereocenters. The van der Waals surface area contributed by atoms with Gasteiger partial charge in [-0.1, -0.05) is 40.2 Å². The molecule has 1 unspecified atom stereocenters. The van der Waals surface area contributed by atoms with Gasteiger partial charge in [0, 0.05) is 33.7 Å². The van der Waals surface area contributed by atoms with Crippen molar-refractivity contribution in [2.45, 2.75) is 6.04 Å². The van der Waals surface area contributed by atoms with E-state index in [1.807, 2.05) is 54.8 Å². The van der Waals surface area contributed by atoms with Gasteiger partial charge in [-0.2, -0.15) is 11.8 Å². The van der Waals surface area contributed by atoms with E-state index in [0.717, 1.165) is 28.0 Å². The molecule has 4 rings (SSSR count). The largest absolute Gasteiger partial charge is 0.384 e. The fraction of sp³-hybridized carbons (Fsp3) is 0.200. The quantitative estimate of drug-likeness (QED) is 0.713. The summed E-state index contributed by atoms with van der Waals surface area (Å²) in [6, 6.07) is 10.7. The van der Waals surface area contributed by atoms with E-state index in [0.29, 0.717) is 16.8 Å². The second kappa shape index (κ2) is 6.93. The number of anilines is 2. The van der Waals surface area contributed by atoms with Crippen molar-refractivity contribution in [1.82, 2.24) is 0 Å². The number of rotatable bonds is 5. The standard InChI is InChI=1S/C20H17BrN2O2S/c1-26-10-9-22-15-7-5-12-6-8-16-19(24)17(12)18(15)20(25)23(16)14-4-2-3-13(21)11-14/h2-8,11,16,22H,9-10H2,1H3. The van der Waals surface area contributed by atoms with E-state index in [4.69, 9.17) is 0 Å². The summed E-state index contributed by atoms with van der Waals surface area (Å²) in [5.74, 6) is 0.766. The maximum atomic E-state index is 13.4. The van der Waals surface area contributed by atoms with E-state index >= 15 is 0 Å². The highest BCUT2D eigenvalue weighted by Gasteiger charge is 2.42. The lowest BCUT2D eigenvalue weighted by atomic mass is 9.83. The van der Waals surface area contributed by atoms with Crippen LogP contribution >= 0.6 is 27.7 Å². The van der Waals surface area contributed by atoms with Crippen molar-refractivity contribution in [2.24, 2.45) is 0 Å². The Kier molecular flexibility index (Phi) is 4.63. The summed E-state index contributed by atoms with van der Waals surface area (Å²) in [6.45, 7) is 0.741. The highest BCUT2D eigenvalue weighted by atomic mass is 79.9. The topological polar surface area (TPSA) is 49.4 Å². The highest BCUT2D eigenvalue weighted by Crippen LogP contribution is 2.38. The van der Waals surface area contributed by atoms with Crippen molar-refractivity contribution < 1.29 is 9.59 Å². The molecular formula is C20H17BrN2O2S. The van der Waals surface area contributed by atoms with Gasteiger partial charge in [-0.3, -0.25) is 14.5 Å². The summed E-state index contributed by atoms with van der Waals surface area (Å²) in [5, 5.41) is 3.32. The monoisotopic (exact) mass is 428 g/mol. The van der Waals surface area contributed by atoms with E-state index < -0.39 is 6.04 Å². The summed E-state index contributed by atoms with van der Waals surface area (Å²) in [5.41, 5.74) is 3.28. The van der Waals surface area contributed by atoms with Crippen LogP contribution in [0, 0.1) is 0 Å². The van der Waals surface area contributed by atoms with Crippen molar-refractivity contribution in [2.75, 3.05) is 28.8 Å². The van der Waals surface area contributed by atoms with Crippen LogP contribution in [0.15, 0.2) is 46.9 Å². The zero-order valence-corrected chi connectivity index (χ0v) is 16.6. The van der Waals surface area contributed by atoms with Crippen molar-refractivity contribution in [3.63, 3.8) is 0 Å². The molecule has 2 aromatic carbocycles. The lowest BCUT2D eigenvalue weighted by Gasteiger charge is -2.37. The second-order valence-electron chi connectivity index (χ2n) is 6.20. The molecule has 0 radical (unpaired) electrons. The number of hydrogen-bond donors (Lipinski definition) is 1. The van der Waals surface area contributed by atoms with Gasteiger partial charge in [-0.25, -0.2) is 0 Å². The SMILES string of the molecule is CSCCNc1ccc2c3c1C(=O)N(c1cccc(Br)c1)C(C=C2)C3=O. The normalized spacial score (nSPS) is 17.6. The highest BCUT2D eigenvalue weighted by molar-refractivity contribution is 9.10. The molecule has 0 saturated heterocycles. The van der Waals surface area contributed by atoms with Crippen LogP contribution in [-0.2, 0) is 0 Å².